The van der Waals surface area contributed by atoms with Crippen molar-refractivity contribution in [2.75, 3.05) is 39.6 Å². The van der Waals surface area contributed by atoms with E-state index in [1.165, 1.54) is 167 Å². The molecule has 0 aromatic rings. The summed E-state index contributed by atoms with van der Waals surface area (Å²) in [7, 11) is -9.89. The Kier molecular flexibility index (Phi) is 60.8. The van der Waals surface area contributed by atoms with E-state index in [1.54, 1.807) is 0 Å². The van der Waals surface area contributed by atoms with E-state index in [0.29, 0.717) is 25.7 Å². The summed E-state index contributed by atoms with van der Waals surface area (Å²) in [6.07, 6.45) is 47.2. The fourth-order valence-corrected chi connectivity index (χ4v) is 12.2. The molecule has 19 heteroatoms. The van der Waals surface area contributed by atoms with Crippen LogP contribution in [0.4, 0.5) is 0 Å². The van der Waals surface area contributed by atoms with E-state index in [-0.39, 0.29) is 25.7 Å². The van der Waals surface area contributed by atoms with Crippen molar-refractivity contribution >= 4 is 39.5 Å². The van der Waals surface area contributed by atoms with Crippen LogP contribution in [0, 0.1) is 11.8 Å². The van der Waals surface area contributed by atoms with Crippen LogP contribution >= 0.6 is 15.6 Å². The minimum atomic E-state index is -4.95. The Morgan fingerprint density at radius 2 is 0.517 bits per heavy atom. The molecule has 2 unspecified atom stereocenters. The SMILES string of the molecule is CCCCCCCCCCCC(=O)O[C@H](COC(=O)CCCCCCCCCC)COP(=O)(O)OC[C@H](O)COP(=O)(O)OC[C@@H](COC(=O)CCCCCCCCCCCCCC(C)C)OC(=O)CCCCCCCCCCCCCCCCCC(C)C. The Hall–Kier alpha value is -1.94. The van der Waals surface area contributed by atoms with Crippen LogP contribution in [0.15, 0.2) is 0 Å². The highest BCUT2D eigenvalue weighted by Crippen LogP contribution is 2.45. The lowest BCUT2D eigenvalue weighted by Crippen LogP contribution is -2.30. The molecule has 0 aliphatic carbocycles. The molecule has 3 N–H and O–H groups in total. The zero-order valence-corrected chi connectivity index (χ0v) is 59.5. The zero-order chi connectivity index (χ0) is 65.7. The van der Waals surface area contributed by atoms with Crippen LogP contribution < -0.4 is 0 Å². The molecule has 0 heterocycles. The van der Waals surface area contributed by atoms with Gasteiger partial charge in [0.15, 0.2) is 12.2 Å². The van der Waals surface area contributed by atoms with Crippen molar-refractivity contribution in [3.8, 4) is 0 Å². The van der Waals surface area contributed by atoms with Gasteiger partial charge >= 0.3 is 39.5 Å². The summed E-state index contributed by atoms with van der Waals surface area (Å²) in [6, 6.07) is 0. The number of aliphatic hydroxyl groups is 1. The van der Waals surface area contributed by atoms with Crippen molar-refractivity contribution in [1.82, 2.24) is 0 Å². The fraction of sp³-hybridized carbons (Fsp3) is 0.943. The smallest absolute Gasteiger partial charge is 0.462 e. The van der Waals surface area contributed by atoms with Gasteiger partial charge in [-0.05, 0) is 37.5 Å². The molecule has 0 saturated carbocycles. The molecule has 0 bridgehead atoms. The quantitative estimate of drug-likeness (QED) is 0.0222. The highest BCUT2D eigenvalue weighted by molar-refractivity contribution is 7.47. The number of ether oxygens (including phenoxy) is 4. The summed E-state index contributed by atoms with van der Waals surface area (Å²) in [5.41, 5.74) is 0. The van der Waals surface area contributed by atoms with Gasteiger partial charge in [-0.1, -0.05) is 305 Å². The number of hydrogen-bond donors (Lipinski definition) is 3. The molecule has 0 saturated heterocycles. The monoisotopic (exact) mass is 1310 g/mol. The van der Waals surface area contributed by atoms with Crippen molar-refractivity contribution in [1.29, 1.82) is 0 Å². The molecule has 5 atom stereocenters. The first kappa shape index (κ1) is 87.1. The average Bonchev–Trinajstić information content (AvgIpc) is 3.56. The molecule has 0 amide bonds. The third-order valence-corrected chi connectivity index (χ3v) is 18.1. The van der Waals surface area contributed by atoms with E-state index in [2.05, 4.69) is 41.5 Å². The van der Waals surface area contributed by atoms with Crippen LogP contribution in [0.3, 0.4) is 0 Å². The van der Waals surface area contributed by atoms with Gasteiger partial charge in [0.25, 0.3) is 0 Å². The second-order valence-electron chi connectivity index (χ2n) is 26.2. The first-order chi connectivity index (χ1) is 42.9. The number of carbonyl (C=O) groups is 4. The topological polar surface area (TPSA) is 237 Å². The second-order valence-corrected chi connectivity index (χ2v) is 29.1. The summed E-state index contributed by atoms with van der Waals surface area (Å²) < 4.78 is 68.2. The van der Waals surface area contributed by atoms with Crippen LogP contribution in [0.25, 0.3) is 0 Å². The Balaban J connectivity index is 5.19. The van der Waals surface area contributed by atoms with Crippen molar-refractivity contribution in [2.45, 2.75) is 374 Å². The van der Waals surface area contributed by atoms with Crippen molar-refractivity contribution in [3.05, 3.63) is 0 Å². The number of carbonyl (C=O) groups excluding carboxylic acids is 4. The number of hydrogen-bond acceptors (Lipinski definition) is 15. The van der Waals surface area contributed by atoms with Crippen molar-refractivity contribution in [3.63, 3.8) is 0 Å². The molecular weight excluding hydrogens is 1170 g/mol. The maximum absolute atomic E-state index is 13.0. The Morgan fingerprint density at radius 3 is 0.764 bits per heavy atom. The minimum Gasteiger partial charge on any atom is -0.462 e. The van der Waals surface area contributed by atoms with E-state index in [4.69, 9.17) is 37.0 Å². The highest BCUT2D eigenvalue weighted by Gasteiger charge is 2.30. The lowest BCUT2D eigenvalue weighted by atomic mass is 10.0. The van der Waals surface area contributed by atoms with Gasteiger partial charge in [-0.25, -0.2) is 9.13 Å². The summed E-state index contributed by atoms with van der Waals surface area (Å²) >= 11 is 0. The first-order valence-electron chi connectivity index (χ1n) is 36.5. The summed E-state index contributed by atoms with van der Waals surface area (Å²) in [5, 5.41) is 10.6. The van der Waals surface area contributed by atoms with Crippen molar-refractivity contribution < 1.29 is 80.2 Å². The van der Waals surface area contributed by atoms with Gasteiger partial charge in [-0.3, -0.25) is 37.3 Å². The predicted molar refractivity (Wildman–Crippen MR) is 358 cm³/mol. The molecule has 0 aliphatic rings. The van der Waals surface area contributed by atoms with Gasteiger partial charge in [0, 0.05) is 25.7 Å². The molecule has 528 valence electrons. The maximum atomic E-state index is 13.0. The second kappa shape index (κ2) is 62.2. The van der Waals surface area contributed by atoms with E-state index in [0.717, 1.165) is 108 Å². The Labute approximate surface area is 543 Å². The molecule has 17 nitrogen and oxygen atoms in total. The lowest BCUT2D eigenvalue weighted by Gasteiger charge is -2.21. The van der Waals surface area contributed by atoms with E-state index < -0.39 is 97.5 Å². The molecule has 0 aromatic carbocycles. The number of unbranched alkanes of at least 4 members (excludes halogenated alkanes) is 39. The average molecular weight is 1310 g/mol. The standard InChI is InChI=1S/C70H136O17P2/c1-7-9-11-13-15-27-36-42-48-54-69(74)86-65(58-80-67(72)52-46-40-34-16-14-12-10-8-2)60-84-88(76,77)82-56-64(71)57-83-89(78,79)85-61-66(59-81-68(73)53-47-41-35-30-26-22-24-29-33-39-45-51-63(5)6)87-70(75)55-49-43-37-31-25-21-19-17-18-20-23-28-32-38-44-50-62(3)4/h62-66,71H,7-61H2,1-6H3,(H,76,77)(H,78,79)/t64-,65+,66+/m0/s1. The van der Waals surface area contributed by atoms with Gasteiger partial charge in [0.1, 0.15) is 19.3 Å². The van der Waals surface area contributed by atoms with E-state index in [9.17, 15) is 43.2 Å². The first-order valence-corrected chi connectivity index (χ1v) is 39.5. The molecular formula is C70H136O17P2. The van der Waals surface area contributed by atoms with E-state index in [1.807, 2.05) is 0 Å². The number of rotatable bonds is 69. The van der Waals surface area contributed by atoms with Gasteiger partial charge in [-0.15, -0.1) is 0 Å². The maximum Gasteiger partial charge on any atom is 0.472 e. The Morgan fingerprint density at radius 1 is 0.303 bits per heavy atom. The van der Waals surface area contributed by atoms with Gasteiger partial charge < -0.3 is 33.8 Å². The predicted octanol–water partition coefficient (Wildman–Crippen LogP) is 20.0. The molecule has 0 aromatic heterocycles. The van der Waals surface area contributed by atoms with Crippen LogP contribution in [0.5, 0.6) is 0 Å². The van der Waals surface area contributed by atoms with Gasteiger partial charge in [0.05, 0.1) is 26.4 Å². The molecule has 0 spiro atoms. The lowest BCUT2D eigenvalue weighted by molar-refractivity contribution is -0.161. The molecule has 0 aliphatic heterocycles. The summed E-state index contributed by atoms with van der Waals surface area (Å²) in [4.78, 5) is 72.4. The Bertz CT molecular complexity index is 1730. The highest BCUT2D eigenvalue weighted by atomic mass is 31.2. The molecule has 89 heavy (non-hydrogen) atoms. The minimum absolute atomic E-state index is 0.106. The third kappa shape index (κ3) is 64.6. The molecule has 0 rings (SSSR count). The van der Waals surface area contributed by atoms with Crippen LogP contribution in [0.1, 0.15) is 356 Å². The van der Waals surface area contributed by atoms with Crippen LogP contribution in [0.2, 0.25) is 0 Å². The third-order valence-electron chi connectivity index (χ3n) is 16.2. The van der Waals surface area contributed by atoms with Gasteiger partial charge in [-0.2, -0.15) is 0 Å². The number of esters is 4. The number of phosphoric ester groups is 2. The summed E-state index contributed by atoms with van der Waals surface area (Å²) in [5.74, 6) is -0.554. The molecule has 0 fully saturated rings. The zero-order valence-electron chi connectivity index (χ0n) is 57.7. The van der Waals surface area contributed by atoms with Crippen LogP contribution in [-0.2, 0) is 65.4 Å². The largest absolute Gasteiger partial charge is 0.472 e. The fourth-order valence-electron chi connectivity index (χ4n) is 10.6. The van der Waals surface area contributed by atoms with Gasteiger partial charge in [0.2, 0.25) is 0 Å². The molecule has 0 radical (unpaired) electrons. The number of phosphoric acid groups is 2. The summed E-state index contributed by atoms with van der Waals surface area (Å²) in [6.45, 7) is 9.54. The van der Waals surface area contributed by atoms with Crippen LogP contribution in [-0.4, -0.2) is 96.7 Å². The normalized spacial score (nSPS) is 14.1. The van der Waals surface area contributed by atoms with E-state index >= 15 is 0 Å². The van der Waals surface area contributed by atoms with Crippen molar-refractivity contribution in [2.24, 2.45) is 11.8 Å². The number of aliphatic hydroxyl groups excluding tert-OH is 1.